The number of para-hydroxylation sites is 1. The average molecular weight is 550 g/mol. The quantitative estimate of drug-likeness (QED) is 0.181. The second kappa shape index (κ2) is 13.8. The maximum atomic E-state index is 13.6. The number of piperidine rings is 1. The lowest BCUT2D eigenvalue weighted by Gasteiger charge is -2.41. The van der Waals surface area contributed by atoms with Crippen LogP contribution in [0, 0.1) is 5.82 Å². The molecule has 3 atom stereocenters. The predicted molar refractivity (Wildman–Crippen MR) is 162 cm³/mol. The standard InChI is InChI=1S/C34H48FN3O2/c1-3-4-5-6-7-8-9-15-33(39)40-32(26-16-18-27(35)19-17-26)14-11-21-37-22-20-30-29(25-37)28-12-10-13-31-34(28)38(30)24-23-36(31)2/h10,12-13,16-19,29-30,32H,3-9,11,14-15,20-25H2,1-2H3. The van der Waals surface area contributed by atoms with Gasteiger partial charge in [-0.05, 0) is 61.6 Å². The smallest absolute Gasteiger partial charge is 0.306 e. The number of fused-ring (bicyclic) bond motifs is 3. The fourth-order valence-electron chi connectivity index (χ4n) is 7.09. The first-order chi connectivity index (χ1) is 19.5. The van der Waals surface area contributed by atoms with Crippen LogP contribution in [0.15, 0.2) is 42.5 Å². The maximum absolute atomic E-state index is 13.6. The van der Waals surface area contributed by atoms with Crippen LogP contribution in [-0.2, 0) is 9.53 Å². The fourth-order valence-corrected chi connectivity index (χ4v) is 7.09. The van der Waals surface area contributed by atoms with Crippen LogP contribution in [0.4, 0.5) is 15.8 Å². The number of halogens is 1. The first-order valence-corrected chi connectivity index (χ1v) is 15.8. The number of anilines is 2. The van der Waals surface area contributed by atoms with Crippen molar-refractivity contribution in [1.29, 1.82) is 0 Å². The molecule has 1 saturated heterocycles. The number of hydrogen-bond acceptors (Lipinski definition) is 5. The molecule has 0 saturated carbocycles. The van der Waals surface area contributed by atoms with Gasteiger partial charge in [0.1, 0.15) is 11.9 Å². The zero-order valence-electron chi connectivity index (χ0n) is 24.6. The van der Waals surface area contributed by atoms with Gasteiger partial charge in [-0.25, -0.2) is 4.39 Å². The molecule has 2 aromatic carbocycles. The fraction of sp³-hybridized carbons (Fsp3) is 0.618. The third-order valence-corrected chi connectivity index (χ3v) is 9.32. The molecule has 0 radical (unpaired) electrons. The molecule has 6 heteroatoms. The Kier molecular flexibility index (Phi) is 10.0. The first kappa shape index (κ1) is 28.9. The number of esters is 1. The Hall–Kier alpha value is -2.60. The Morgan fingerprint density at radius 3 is 2.55 bits per heavy atom. The molecule has 3 unspecified atom stereocenters. The van der Waals surface area contributed by atoms with Gasteiger partial charge in [-0.15, -0.1) is 0 Å². The van der Waals surface area contributed by atoms with E-state index in [1.807, 2.05) is 0 Å². The SMILES string of the molecule is CCCCCCCCCC(=O)OC(CCCN1CCC2C(C1)c1cccc3c1N2CCN3C)c1ccc(F)cc1. The molecule has 2 aromatic rings. The molecular formula is C34H48FN3O2. The number of rotatable bonds is 14. The van der Waals surface area contributed by atoms with Crippen molar-refractivity contribution in [3.63, 3.8) is 0 Å². The van der Waals surface area contributed by atoms with Gasteiger partial charge in [0.05, 0.1) is 11.4 Å². The normalized spacial score (nSPS) is 20.8. The van der Waals surface area contributed by atoms with E-state index in [1.54, 1.807) is 12.1 Å². The lowest BCUT2D eigenvalue weighted by atomic mass is 9.89. The van der Waals surface area contributed by atoms with Crippen molar-refractivity contribution in [2.24, 2.45) is 0 Å². The number of likely N-dealkylation sites (N-methyl/N-ethyl adjacent to an activating group) is 1. The molecule has 218 valence electrons. The summed E-state index contributed by atoms with van der Waals surface area (Å²) < 4.78 is 19.6. The van der Waals surface area contributed by atoms with Crippen LogP contribution >= 0.6 is 0 Å². The Balaban J connectivity index is 1.13. The van der Waals surface area contributed by atoms with E-state index >= 15 is 0 Å². The largest absolute Gasteiger partial charge is 0.457 e. The van der Waals surface area contributed by atoms with Crippen molar-refractivity contribution in [1.82, 2.24) is 4.90 Å². The predicted octanol–water partition coefficient (Wildman–Crippen LogP) is 7.46. The number of likely N-dealkylation sites (tertiary alicyclic amines) is 1. The van der Waals surface area contributed by atoms with Crippen molar-refractivity contribution in [3.05, 3.63) is 59.4 Å². The summed E-state index contributed by atoms with van der Waals surface area (Å²) in [5, 5.41) is 0. The third kappa shape index (κ3) is 6.82. The Labute approximate surface area is 240 Å². The number of nitrogens with zero attached hydrogens (tertiary/aromatic N) is 3. The monoisotopic (exact) mass is 549 g/mol. The van der Waals surface area contributed by atoms with Crippen LogP contribution < -0.4 is 9.80 Å². The lowest BCUT2D eigenvalue weighted by Crippen LogP contribution is -2.49. The number of hydrogen-bond donors (Lipinski definition) is 0. The molecule has 3 aliphatic rings. The highest BCUT2D eigenvalue weighted by Crippen LogP contribution is 2.50. The van der Waals surface area contributed by atoms with Gasteiger partial charge in [0, 0.05) is 51.6 Å². The summed E-state index contributed by atoms with van der Waals surface area (Å²) in [5.41, 5.74) is 5.26. The highest BCUT2D eigenvalue weighted by Gasteiger charge is 2.44. The Morgan fingerprint density at radius 1 is 0.975 bits per heavy atom. The summed E-state index contributed by atoms with van der Waals surface area (Å²) in [5.74, 6) is 0.171. The summed E-state index contributed by atoms with van der Waals surface area (Å²) in [4.78, 5) is 20.4. The van der Waals surface area contributed by atoms with Crippen LogP contribution in [0.25, 0.3) is 0 Å². The minimum atomic E-state index is -0.315. The number of benzene rings is 2. The third-order valence-electron chi connectivity index (χ3n) is 9.32. The number of carbonyl (C=O) groups is 1. The second-order valence-electron chi connectivity index (χ2n) is 12.1. The molecule has 0 aliphatic carbocycles. The van der Waals surface area contributed by atoms with Crippen LogP contribution in [0.1, 0.15) is 101 Å². The van der Waals surface area contributed by atoms with E-state index in [1.165, 1.54) is 67.6 Å². The van der Waals surface area contributed by atoms with E-state index in [4.69, 9.17) is 4.74 Å². The van der Waals surface area contributed by atoms with Gasteiger partial charge in [-0.2, -0.15) is 0 Å². The van der Waals surface area contributed by atoms with Crippen LogP contribution in [0.2, 0.25) is 0 Å². The zero-order valence-corrected chi connectivity index (χ0v) is 24.6. The van der Waals surface area contributed by atoms with Crippen LogP contribution in [0.3, 0.4) is 0 Å². The van der Waals surface area contributed by atoms with Crippen molar-refractivity contribution in [3.8, 4) is 0 Å². The van der Waals surface area contributed by atoms with E-state index in [0.29, 0.717) is 18.4 Å². The van der Waals surface area contributed by atoms with Crippen molar-refractivity contribution >= 4 is 17.3 Å². The highest BCUT2D eigenvalue weighted by molar-refractivity contribution is 5.80. The van der Waals surface area contributed by atoms with E-state index in [9.17, 15) is 9.18 Å². The van der Waals surface area contributed by atoms with E-state index < -0.39 is 0 Å². The topological polar surface area (TPSA) is 36.0 Å². The molecule has 5 rings (SSSR count). The summed E-state index contributed by atoms with van der Waals surface area (Å²) in [6, 6.07) is 13.9. The molecular weight excluding hydrogens is 501 g/mol. The van der Waals surface area contributed by atoms with Gasteiger partial charge >= 0.3 is 5.97 Å². The minimum absolute atomic E-state index is 0.127. The zero-order chi connectivity index (χ0) is 27.9. The lowest BCUT2D eigenvalue weighted by molar-refractivity contribution is -0.150. The van der Waals surface area contributed by atoms with Gasteiger partial charge < -0.3 is 19.4 Å². The first-order valence-electron chi connectivity index (χ1n) is 15.8. The summed E-state index contributed by atoms with van der Waals surface area (Å²) >= 11 is 0. The summed E-state index contributed by atoms with van der Waals surface area (Å²) in [6.45, 7) is 7.62. The molecule has 3 heterocycles. The Morgan fingerprint density at radius 2 is 1.75 bits per heavy atom. The molecule has 40 heavy (non-hydrogen) atoms. The summed E-state index contributed by atoms with van der Waals surface area (Å²) in [6.07, 6.45) is 11.3. The van der Waals surface area contributed by atoms with Crippen molar-refractivity contribution in [2.45, 2.75) is 95.6 Å². The maximum Gasteiger partial charge on any atom is 0.306 e. The van der Waals surface area contributed by atoms with E-state index in [0.717, 1.165) is 64.0 Å². The molecule has 5 nitrogen and oxygen atoms in total. The molecule has 0 N–H and O–H groups in total. The summed E-state index contributed by atoms with van der Waals surface area (Å²) in [7, 11) is 2.21. The van der Waals surface area contributed by atoms with Gasteiger partial charge in [0.2, 0.25) is 0 Å². The molecule has 0 amide bonds. The van der Waals surface area contributed by atoms with Crippen molar-refractivity contribution < 1.29 is 13.9 Å². The van der Waals surface area contributed by atoms with Gasteiger partial charge in [-0.1, -0.05) is 69.7 Å². The minimum Gasteiger partial charge on any atom is -0.457 e. The Bertz CT molecular complexity index is 1110. The van der Waals surface area contributed by atoms with Crippen LogP contribution in [0.5, 0.6) is 0 Å². The average Bonchev–Trinajstić information content (AvgIpc) is 3.28. The second-order valence-corrected chi connectivity index (χ2v) is 12.1. The molecule has 0 aromatic heterocycles. The van der Waals surface area contributed by atoms with Gasteiger partial charge in [0.15, 0.2) is 0 Å². The number of ether oxygens (including phenoxy) is 1. The van der Waals surface area contributed by atoms with Gasteiger partial charge in [0.25, 0.3) is 0 Å². The van der Waals surface area contributed by atoms with E-state index in [-0.39, 0.29) is 17.9 Å². The van der Waals surface area contributed by atoms with Crippen LogP contribution in [-0.4, -0.2) is 56.7 Å². The van der Waals surface area contributed by atoms with Gasteiger partial charge in [-0.3, -0.25) is 4.79 Å². The molecule has 3 aliphatic heterocycles. The van der Waals surface area contributed by atoms with Crippen molar-refractivity contribution in [2.75, 3.05) is 49.6 Å². The van der Waals surface area contributed by atoms with E-state index in [2.05, 4.69) is 46.9 Å². The number of unbranched alkanes of at least 4 members (excludes halogenated alkanes) is 6. The molecule has 0 spiro atoms. The molecule has 0 bridgehead atoms. The number of carbonyl (C=O) groups excluding carboxylic acids is 1. The highest BCUT2D eigenvalue weighted by atomic mass is 19.1. The molecule has 1 fully saturated rings.